The molecule has 2 heterocycles. The summed E-state index contributed by atoms with van der Waals surface area (Å²) < 4.78 is 29.2. The number of halogens is 1. The van der Waals surface area contributed by atoms with E-state index in [1.807, 2.05) is 19.1 Å². The molecule has 1 aromatic carbocycles. The number of carbonyl (C=O) groups excluding carboxylic acids is 2. The molecule has 0 bridgehead atoms. The number of nitrogens with zero attached hydrogens (tertiary/aromatic N) is 2. The van der Waals surface area contributed by atoms with E-state index in [1.54, 1.807) is 12.1 Å². The number of hydrogen-bond donors (Lipinski definition) is 1. The first-order valence-electron chi connectivity index (χ1n) is 8.75. The van der Waals surface area contributed by atoms with Gasteiger partial charge in [0, 0.05) is 18.7 Å². The summed E-state index contributed by atoms with van der Waals surface area (Å²) in [4.78, 5) is 26.4. The molecule has 2 aromatic rings. The highest BCUT2D eigenvalue weighted by atomic mass is 35.5. The molecule has 1 atom stereocenters. The molecule has 7 nitrogen and oxygen atoms in total. The van der Waals surface area contributed by atoms with Gasteiger partial charge < -0.3 is 5.32 Å². The Hall–Kier alpha value is -2.14. The minimum absolute atomic E-state index is 0.0116. The van der Waals surface area contributed by atoms with Gasteiger partial charge in [0.1, 0.15) is 9.46 Å². The lowest BCUT2D eigenvalue weighted by Crippen LogP contribution is -2.33. The zero-order valence-electron chi connectivity index (χ0n) is 15.9. The molecule has 1 aliphatic rings. The van der Waals surface area contributed by atoms with E-state index in [4.69, 9.17) is 11.6 Å². The summed E-state index contributed by atoms with van der Waals surface area (Å²) >= 11 is 7.65. The second-order valence-electron chi connectivity index (χ2n) is 6.37. The summed E-state index contributed by atoms with van der Waals surface area (Å²) in [6.07, 6.45) is 1.35. The van der Waals surface area contributed by atoms with Gasteiger partial charge in [0.15, 0.2) is 5.17 Å². The summed E-state index contributed by atoms with van der Waals surface area (Å²) in [7, 11) is -4.03. The number of carbonyl (C=O) groups is 2. The number of sulfonamides is 1. The monoisotopic (exact) mass is 483 g/mol. The van der Waals surface area contributed by atoms with E-state index in [0.717, 1.165) is 28.7 Å². The molecule has 1 N–H and O–H groups in total. The van der Waals surface area contributed by atoms with Crippen molar-refractivity contribution in [1.82, 2.24) is 4.90 Å². The number of benzene rings is 1. The lowest BCUT2D eigenvalue weighted by atomic mass is 10.2. The SMILES string of the molecule is C=CCN1C(=O)C(CC(=O)Nc2ccc(C)cc2)SC1=NS(=O)(=O)c1ccc(Cl)s1. The number of thiophene rings is 1. The van der Waals surface area contributed by atoms with Crippen LogP contribution in [0.4, 0.5) is 5.69 Å². The fourth-order valence-corrected chi connectivity index (χ4v) is 6.43. The Morgan fingerprint density at radius 3 is 2.60 bits per heavy atom. The smallest absolute Gasteiger partial charge is 0.294 e. The maximum atomic E-state index is 12.7. The van der Waals surface area contributed by atoms with Crippen LogP contribution in [-0.2, 0) is 19.6 Å². The number of rotatable bonds is 7. The van der Waals surface area contributed by atoms with Crippen molar-refractivity contribution in [2.75, 3.05) is 11.9 Å². The van der Waals surface area contributed by atoms with Crippen LogP contribution in [0.2, 0.25) is 4.34 Å². The Kier molecular flexibility index (Phi) is 7.02. The van der Waals surface area contributed by atoms with Gasteiger partial charge in [0.05, 0.1) is 4.34 Å². The average molecular weight is 484 g/mol. The van der Waals surface area contributed by atoms with Crippen LogP contribution in [0.25, 0.3) is 0 Å². The number of nitrogens with one attached hydrogen (secondary N) is 1. The average Bonchev–Trinajstić information content (AvgIpc) is 3.23. The third-order valence-electron chi connectivity index (χ3n) is 4.04. The maximum Gasteiger partial charge on any atom is 0.294 e. The molecule has 1 aromatic heterocycles. The highest BCUT2D eigenvalue weighted by Gasteiger charge is 2.39. The number of amides is 2. The molecule has 1 fully saturated rings. The van der Waals surface area contributed by atoms with Crippen molar-refractivity contribution in [2.45, 2.75) is 22.8 Å². The van der Waals surface area contributed by atoms with Crippen molar-refractivity contribution < 1.29 is 18.0 Å². The second kappa shape index (κ2) is 9.34. The summed E-state index contributed by atoms with van der Waals surface area (Å²) in [5.41, 5.74) is 1.68. The summed E-state index contributed by atoms with van der Waals surface area (Å²) in [6.45, 7) is 5.62. The Morgan fingerprint density at radius 2 is 2.00 bits per heavy atom. The van der Waals surface area contributed by atoms with Gasteiger partial charge in [-0.3, -0.25) is 14.5 Å². The Morgan fingerprint density at radius 1 is 1.30 bits per heavy atom. The minimum Gasteiger partial charge on any atom is -0.326 e. The minimum atomic E-state index is -4.03. The Labute approximate surface area is 187 Å². The number of anilines is 1. The van der Waals surface area contributed by atoms with Gasteiger partial charge in [0.25, 0.3) is 10.0 Å². The van der Waals surface area contributed by atoms with E-state index in [2.05, 4.69) is 16.3 Å². The van der Waals surface area contributed by atoms with Gasteiger partial charge in [-0.25, -0.2) is 0 Å². The number of aryl methyl sites for hydroxylation is 1. The second-order valence-corrected chi connectivity index (χ2v) is 11.1. The predicted octanol–water partition coefficient (Wildman–Crippen LogP) is 3.91. The molecule has 3 rings (SSSR count). The van der Waals surface area contributed by atoms with Gasteiger partial charge in [0.2, 0.25) is 11.8 Å². The zero-order chi connectivity index (χ0) is 21.9. The fourth-order valence-electron chi connectivity index (χ4n) is 2.61. The topological polar surface area (TPSA) is 95.9 Å². The molecule has 11 heteroatoms. The van der Waals surface area contributed by atoms with Crippen LogP contribution in [0.3, 0.4) is 0 Å². The molecular weight excluding hydrogens is 466 g/mol. The van der Waals surface area contributed by atoms with Gasteiger partial charge in [-0.15, -0.1) is 22.3 Å². The maximum absolute atomic E-state index is 12.7. The van der Waals surface area contributed by atoms with Crippen molar-refractivity contribution in [2.24, 2.45) is 4.40 Å². The van der Waals surface area contributed by atoms with Gasteiger partial charge in [-0.05, 0) is 31.2 Å². The van der Waals surface area contributed by atoms with E-state index in [1.165, 1.54) is 23.1 Å². The quantitative estimate of drug-likeness (QED) is 0.602. The molecule has 0 aliphatic carbocycles. The molecule has 1 aliphatic heterocycles. The van der Waals surface area contributed by atoms with Crippen molar-refractivity contribution in [3.05, 3.63) is 59.0 Å². The third kappa shape index (κ3) is 5.31. The van der Waals surface area contributed by atoms with Crippen molar-refractivity contribution in [3.63, 3.8) is 0 Å². The van der Waals surface area contributed by atoms with E-state index >= 15 is 0 Å². The van der Waals surface area contributed by atoms with Crippen LogP contribution in [0, 0.1) is 6.92 Å². The van der Waals surface area contributed by atoms with Crippen LogP contribution in [0.15, 0.2) is 57.7 Å². The summed E-state index contributed by atoms with van der Waals surface area (Å²) in [6, 6.07) is 10.1. The van der Waals surface area contributed by atoms with E-state index < -0.39 is 21.2 Å². The van der Waals surface area contributed by atoms with E-state index in [0.29, 0.717) is 10.0 Å². The van der Waals surface area contributed by atoms with Gasteiger partial charge in [-0.2, -0.15) is 8.42 Å². The predicted molar refractivity (Wildman–Crippen MR) is 122 cm³/mol. The number of thioether (sulfide) groups is 1. The highest BCUT2D eigenvalue weighted by molar-refractivity contribution is 8.16. The number of amidine groups is 1. The van der Waals surface area contributed by atoms with Gasteiger partial charge in [-0.1, -0.05) is 47.1 Å². The molecule has 158 valence electrons. The fraction of sp³-hybridized carbons (Fsp3) is 0.211. The molecular formula is C19H18ClN3O4S3. The first-order valence-corrected chi connectivity index (χ1v) is 12.3. The molecule has 1 saturated heterocycles. The molecule has 0 radical (unpaired) electrons. The van der Waals surface area contributed by atoms with Crippen LogP contribution in [0.1, 0.15) is 12.0 Å². The first kappa shape index (κ1) is 22.5. The summed E-state index contributed by atoms with van der Waals surface area (Å²) in [5.74, 6) is -0.741. The number of hydrogen-bond acceptors (Lipinski definition) is 6. The highest BCUT2D eigenvalue weighted by Crippen LogP contribution is 2.33. The first-order chi connectivity index (χ1) is 14.2. The van der Waals surface area contributed by atoms with Crippen LogP contribution in [-0.4, -0.2) is 42.1 Å². The van der Waals surface area contributed by atoms with Crippen molar-refractivity contribution in [1.29, 1.82) is 0 Å². The lowest BCUT2D eigenvalue weighted by Gasteiger charge is -2.13. The van der Waals surface area contributed by atoms with Crippen LogP contribution in [0.5, 0.6) is 0 Å². The van der Waals surface area contributed by atoms with Gasteiger partial charge >= 0.3 is 0 Å². The van der Waals surface area contributed by atoms with Crippen LogP contribution >= 0.6 is 34.7 Å². The molecule has 0 spiro atoms. The summed E-state index contributed by atoms with van der Waals surface area (Å²) in [5, 5.41) is 1.97. The largest absolute Gasteiger partial charge is 0.326 e. The molecule has 30 heavy (non-hydrogen) atoms. The third-order valence-corrected chi connectivity index (χ3v) is 8.30. The standard InChI is InChI=1S/C19H18ClN3O4S3/c1-3-10-23-18(25)14(11-16(24)21-13-6-4-12(2)5-7-13)28-19(23)22-30(26,27)17-9-8-15(20)29-17/h3-9,14H,1,10-11H2,2H3,(H,21,24). The van der Waals surface area contributed by atoms with E-state index in [9.17, 15) is 18.0 Å². The Bertz CT molecular complexity index is 1110. The molecule has 0 saturated carbocycles. The van der Waals surface area contributed by atoms with Crippen LogP contribution < -0.4 is 5.32 Å². The zero-order valence-corrected chi connectivity index (χ0v) is 19.1. The normalized spacial score (nSPS) is 18.1. The van der Waals surface area contributed by atoms with E-state index in [-0.39, 0.29) is 28.2 Å². The molecule has 2 amide bonds. The molecule has 1 unspecified atom stereocenters. The Balaban J connectivity index is 1.77. The lowest BCUT2D eigenvalue weighted by molar-refractivity contribution is -0.127. The van der Waals surface area contributed by atoms with Crippen molar-refractivity contribution >= 4 is 67.4 Å². The van der Waals surface area contributed by atoms with Crippen molar-refractivity contribution in [3.8, 4) is 0 Å².